The first kappa shape index (κ1) is 28.0. The molecule has 0 spiro atoms. The zero-order valence-electron chi connectivity index (χ0n) is 23.2. The zero-order chi connectivity index (χ0) is 30.3. The number of ether oxygens (including phenoxy) is 2. The molecule has 0 amide bonds. The molecule has 0 aliphatic heterocycles. The van der Waals surface area contributed by atoms with Gasteiger partial charge in [0, 0.05) is 25.4 Å². The highest BCUT2D eigenvalue weighted by Crippen LogP contribution is 2.30. The van der Waals surface area contributed by atoms with Gasteiger partial charge in [-0.1, -0.05) is 30.4 Å². The van der Waals surface area contributed by atoms with Crippen molar-refractivity contribution >= 4 is 22.6 Å². The molecule has 3 N–H and O–H groups in total. The minimum atomic E-state index is -4.79. The number of rotatable bonds is 8. The number of hydrogen-bond donors (Lipinski definition) is 2. The highest BCUT2D eigenvalue weighted by Gasteiger charge is 2.31. The maximum absolute atomic E-state index is 14.0. The summed E-state index contributed by atoms with van der Waals surface area (Å²) in [6.07, 6.45) is 5.07. The molecule has 0 saturated heterocycles. The van der Waals surface area contributed by atoms with Crippen LogP contribution in [0, 0.1) is 6.92 Å². The normalized spacial score (nSPS) is 15.2. The summed E-state index contributed by atoms with van der Waals surface area (Å²) < 4.78 is 50.6. The third-order valence-corrected chi connectivity index (χ3v) is 7.22. The molecule has 5 aromatic rings. The summed E-state index contributed by atoms with van der Waals surface area (Å²) in [4.78, 5) is 21.6. The van der Waals surface area contributed by atoms with Crippen LogP contribution in [0.25, 0.3) is 27.8 Å². The van der Waals surface area contributed by atoms with Crippen LogP contribution in [0.3, 0.4) is 0 Å². The molecule has 0 fully saturated rings. The van der Waals surface area contributed by atoms with Gasteiger partial charge in [0.05, 0.1) is 40.3 Å². The van der Waals surface area contributed by atoms with Crippen molar-refractivity contribution in [1.82, 2.24) is 24.3 Å². The summed E-state index contributed by atoms with van der Waals surface area (Å²) in [5, 5.41) is 4.40. The number of nitrogens with two attached hydrogens (primary N) is 1. The Bertz CT molecular complexity index is 1880. The SMILES string of the molecule is COC1C=CC(Cn2cc(-c3ccc(OC(F)(F)F)cc3)cc2C(=O)c2cnn(-c3ccc4nc(C)[nH]c4c3)c2N)=CC1. The monoisotopic (exact) mass is 588 g/mol. The highest BCUT2D eigenvalue weighted by molar-refractivity contribution is 6.11. The Morgan fingerprint density at radius 2 is 1.93 bits per heavy atom. The Morgan fingerprint density at radius 3 is 2.63 bits per heavy atom. The summed E-state index contributed by atoms with van der Waals surface area (Å²) in [5.41, 5.74) is 11.5. The number of methoxy groups -OCH3 is 1. The number of fused-ring (bicyclic) bond motifs is 1. The van der Waals surface area contributed by atoms with Crippen LogP contribution in [0.4, 0.5) is 19.0 Å². The van der Waals surface area contributed by atoms with E-state index in [1.165, 1.54) is 35.1 Å². The number of allylic oxidation sites excluding steroid dienone is 2. The van der Waals surface area contributed by atoms with Gasteiger partial charge in [-0.15, -0.1) is 13.2 Å². The van der Waals surface area contributed by atoms with Crippen LogP contribution in [0.2, 0.25) is 0 Å². The van der Waals surface area contributed by atoms with Crippen LogP contribution in [-0.2, 0) is 11.3 Å². The van der Waals surface area contributed by atoms with Crippen LogP contribution in [-0.4, -0.2) is 49.7 Å². The van der Waals surface area contributed by atoms with Crippen molar-refractivity contribution in [3.63, 3.8) is 0 Å². The van der Waals surface area contributed by atoms with Crippen molar-refractivity contribution in [3.8, 4) is 22.6 Å². The molecule has 2 aromatic carbocycles. The van der Waals surface area contributed by atoms with Crippen LogP contribution in [0.1, 0.15) is 28.3 Å². The fourth-order valence-electron chi connectivity index (χ4n) is 5.11. The van der Waals surface area contributed by atoms with E-state index in [1.54, 1.807) is 23.9 Å². The number of nitrogens with zero attached hydrogens (tertiary/aromatic N) is 4. The third-order valence-electron chi connectivity index (χ3n) is 7.22. The quantitative estimate of drug-likeness (QED) is 0.211. The van der Waals surface area contributed by atoms with Gasteiger partial charge in [0.1, 0.15) is 17.4 Å². The van der Waals surface area contributed by atoms with Gasteiger partial charge in [0.2, 0.25) is 5.78 Å². The second-order valence-electron chi connectivity index (χ2n) is 10.2. The number of carbonyl (C=O) groups excluding carboxylic acids is 1. The number of aromatic amines is 1. The second kappa shape index (κ2) is 11.0. The first-order valence-corrected chi connectivity index (χ1v) is 13.4. The van der Waals surface area contributed by atoms with E-state index >= 15 is 0 Å². The maximum Gasteiger partial charge on any atom is 0.573 e. The average Bonchev–Trinajstić information content (AvgIpc) is 3.68. The first-order valence-electron chi connectivity index (χ1n) is 13.4. The molecule has 9 nitrogen and oxygen atoms in total. The van der Waals surface area contributed by atoms with Gasteiger partial charge >= 0.3 is 6.36 Å². The standard InChI is InChI=1S/C31H27F3N6O3/c1-18-37-26-12-7-22(14-27(26)38-18)40-30(35)25(15-36-40)29(41)28-13-21(20-5-10-24(11-6-20)43-31(32,33)34)17-39(28)16-19-3-8-23(42-2)9-4-19/h3-8,10-15,17,23H,9,16,35H2,1-2H3,(H,37,38). The van der Waals surface area contributed by atoms with Crippen molar-refractivity contribution < 1.29 is 27.4 Å². The molecule has 1 aliphatic carbocycles. The lowest BCUT2D eigenvalue weighted by molar-refractivity contribution is -0.274. The maximum atomic E-state index is 14.0. The zero-order valence-corrected chi connectivity index (χ0v) is 23.2. The average molecular weight is 589 g/mol. The predicted octanol–water partition coefficient (Wildman–Crippen LogP) is 6.14. The fourth-order valence-corrected chi connectivity index (χ4v) is 5.11. The smallest absolute Gasteiger partial charge is 0.406 e. The van der Waals surface area contributed by atoms with Gasteiger partial charge in [-0.2, -0.15) is 5.10 Å². The van der Waals surface area contributed by atoms with Crippen molar-refractivity contribution in [3.05, 3.63) is 102 Å². The predicted molar refractivity (Wildman–Crippen MR) is 155 cm³/mol. The van der Waals surface area contributed by atoms with E-state index in [4.69, 9.17) is 10.5 Å². The van der Waals surface area contributed by atoms with Crippen LogP contribution in [0.5, 0.6) is 5.75 Å². The van der Waals surface area contributed by atoms with E-state index in [2.05, 4.69) is 19.8 Å². The van der Waals surface area contributed by atoms with E-state index in [1.807, 2.05) is 43.4 Å². The molecule has 220 valence electrons. The number of H-pyrrole nitrogens is 1. The summed E-state index contributed by atoms with van der Waals surface area (Å²) in [6.45, 7) is 2.25. The van der Waals surface area contributed by atoms with Crippen LogP contribution >= 0.6 is 0 Å². The van der Waals surface area contributed by atoms with Gasteiger partial charge in [-0.05, 0) is 60.9 Å². The molecule has 3 heterocycles. The number of ketones is 1. The largest absolute Gasteiger partial charge is 0.573 e. The Balaban J connectivity index is 1.35. The number of benzene rings is 2. The van der Waals surface area contributed by atoms with E-state index in [9.17, 15) is 18.0 Å². The number of hydrogen-bond acceptors (Lipinski definition) is 6. The lowest BCUT2D eigenvalue weighted by atomic mass is 10.0. The molecule has 43 heavy (non-hydrogen) atoms. The molecule has 1 atom stereocenters. The Labute approximate surface area is 244 Å². The number of nitrogen functional groups attached to an aromatic ring is 1. The minimum Gasteiger partial charge on any atom is -0.406 e. The molecule has 0 bridgehead atoms. The molecule has 6 rings (SSSR count). The Hall–Kier alpha value is -5.10. The number of imidazole rings is 1. The first-order chi connectivity index (χ1) is 20.6. The Kier molecular flexibility index (Phi) is 7.14. The van der Waals surface area contributed by atoms with E-state index in [-0.39, 0.29) is 29.0 Å². The fraction of sp³-hybridized carbons (Fsp3) is 0.194. The van der Waals surface area contributed by atoms with Crippen molar-refractivity contribution in [2.45, 2.75) is 32.4 Å². The number of nitrogens with one attached hydrogen (secondary N) is 1. The summed E-state index contributed by atoms with van der Waals surface area (Å²) in [6, 6.07) is 12.7. The number of aromatic nitrogens is 5. The lowest BCUT2D eigenvalue weighted by Crippen LogP contribution is -2.16. The molecule has 12 heteroatoms. The third kappa shape index (κ3) is 5.82. The number of anilines is 1. The summed E-state index contributed by atoms with van der Waals surface area (Å²) >= 11 is 0. The number of alkyl halides is 3. The van der Waals surface area contributed by atoms with Gasteiger partial charge in [-0.25, -0.2) is 9.67 Å². The van der Waals surface area contributed by atoms with Crippen molar-refractivity contribution in [1.29, 1.82) is 0 Å². The second-order valence-corrected chi connectivity index (χ2v) is 10.2. The van der Waals surface area contributed by atoms with Crippen LogP contribution < -0.4 is 10.5 Å². The summed E-state index contributed by atoms with van der Waals surface area (Å²) in [5.74, 6) is 0.265. The Morgan fingerprint density at radius 1 is 1.14 bits per heavy atom. The number of halogens is 3. The van der Waals surface area contributed by atoms with E-state index < -0.39 is 6.36 Å². The molecular formula is C31H27F3N6O3. The summed E-state index contributed by atoms with van der Waals surface area (Å²) in [7, 11) is 1.65. The molecule has 0 saturated carbocycles. The van der Waals surface area contributed by atoms with Crippen LogP contribution in [0.15, 0.2) is 84.7 Å². The van der Waals surface area contributed by atoms with Gasteiger partial charge in [0.15, 0.2) is 0 Å². The molecule has 3 aromatic heterocycles. The van der Waals surface area contributed by atoms with Crippen molar-refractivity contribution in [2.75, 3.05) is 12.8 Å². The van der Waals surface area contributed by atoms with Gasteiger partial charge < -0.3 is 24.8 Å². The lowest BCUT2D eigenvalue weighted by Gasteiger charge is -2.16. The molecular weight excluding hydrogens is 561 g/mol. The topological polar surface area (TPSA) is 113 Å². The van der Waals surface area contributed by atoms with Crippen molar-refractivity contribution in [2.24, 2.45) is 0 Å². The van der Waals surface area contributed by atoms with Gasteiger partial charge in [0.25, 0.3) is 0 Å². The molecule has 0 radical (unpaired) electrons. The van der Waals surface area contributed by atoms with Gasteiger partial charge in [-0.3, -0.25) is 4.79 Å². The number of aryl methyl sites for hydroxylation is 1. The highest BCUT2D eigenvalue weighted by atomic mass is 19.4. The number of carbonyl (C=O) groups is 1. The minimum absolute atomic E-state index is 0.0157. The van der Waals surface area contributed by atoms with E-state index in [0.29, 0.717) is 35.5 Å². The molecule has 1 unspecified atom stereocenters. The molecule has 1 aliphatic rings. The van der Waals surface area contributed by atoms with E-state index in [0.717, 1.165) is 22.4 Å².